The van der Waals surface area contributed by atoms with Crippen LogP contribution >= 0.6 is 0 Å². The van der Waals surface area contributed by atoms with Crippen molar-refractivity contribution in [1.82, 2.24) is 5.32 Å². The number of hydrogen-bond acceptors (Lipinski definition) is 3. The van der Waals surface area contributed by atoms with E-state index in [1.54, 1.807) is 21.0 Å². The summed E-state index contributed by atoms with van der Waals surface area (Å²) in [5.41, 5.74) is 0.832. The Morgan fingerprint density at radius 1 is 1.44 bits per heavy atom. The normalized spacial score (nSPS) is 11.7. The second-order valence-corrected chi connectivity index (χ2v) is 3.76. The molecule has 1 amide bonds. The predicted octanol–water partition coefficient (Wildman–Crippen LogP) is 0.949. The van der Waals surface area contributed by atoms with E-state index in [1.165, 1.54) is 6.08 Å². The van der Waals surface area contributed by atoms with Crippen LogP contribution < -0.4 is 5.32 Å². The van der Waals surface area contributed by atoms with E-state index in [0.717, 1.165) is 5.57 Å². The third-order valence-electron chi connectivity index (χ3n) is 1.88. The van der Waals surface area contributed by atoms with Crippen LogP contribution in [0.5, 0.6) is 0 Å². The minimum Gasteiger partial charge on any atom is -0.480 e. The van der Waals surface area contributed by atoms with Gasteiger partial charge in [-0.2, -0.15) is 0 Å². The van der Waals surface area contributed by atoms with Gasteiger partial charge in [0.15, 0.2) is 0 Å². The van der Waals surface area contributed by atoms with Crippen molar-refractivity contribution in [1.29, 1.82) is 0 Å². The van der Waals surface area contributed by atoms with Gasteiger partial charge in [0.25, 0.3) is 0 Å². The summed E-state index contributed by atoms with van der Waals surface area (Å²) < 4.78 is 4.82. The topological polar surface area (TPSA) is 75.6 Å². The molecular formula is C11H19NO4. The van der Waals surface area contributed by atoms with Crippen molar-refractivity contribution < 1.29 is 19.4 Å². The molecule has 1 atom stereocenters. The van der Waals surface area contributed by atoms with Crippen molar-refractivity contribution in [2.45, 2.75) is 32.7 Å². The summed E-state index contributed by atoms with van der Waals surface area (Å²) in [6, 6.07) is -0.849. The van der Waals surface area contributed by atoms with Gasteiger partial charge in [-0.15, -0.1) is 0 Å². The Bertz CT molecular complexity index is 269. The molecule has 1 unspecified atom stereocenters. The van der Waals surface area contributed by atoms with Crippen LogP contribution in [0.4, 0.5) is 0 Å². The molecule has 0 aliphatic carbocycles. The Morgan fingerprint density at radius 3 is 2.50 bits per heavy atom. The molecule has 0 fully saturated rings. The molecule has 2 N–H and O–H groups in total. The van der Waals surface area contributed by atoms with Crippen molar-refractivity contribution in [3.8, 4) is 0 Å². The van der Waals surface area contributed by atoms with Crippen LogP contribution in [0, 0.1) is 0 Å². The Labute approximate surface area is 95.5 Å². The van der Waals surface area contributed by atoms with Gasteiger partial charge >= 0.3 is 5.97 Å². The van der Waals surface area contributed by atoms with E-state index < -0.39 is 12.0 Å². The highest BCUT2D eigenvalue weighted by Gasteiger charge is 2.18. The standard InChI is InChI=1S/C11H19NO4/c1-8(2)7-10(13)12-9(11(14)15)5-4-6-16-3/h7,9H,4-6H2,1-3H3,(H,12,13)(H,14,15). The van der Waals surface area contributed by atoms with Crippen LogP contribution in [0.2, 0.25) is 0 Å². The van der Waals surface area contributed by atoms with Gasteiger partial charge in [0.05, 0.1) is 0 Å². The van der Waals surface area contributed by atoms with E-state index in [0.29, 0.717) is 19.4 Å². The van der Waals surface area contributed by atoms with Crippen LogP contribution in [0.3, 0.4) is 0 Å². The molecular weight excluding hydrogens is 210 g/mol. The zero-order chi connectivity index (χ0) is 12.6. The Morgan fingerprint density at radius 2 is 2.06 bits per heavy atom. The number of allylic oxidation sites excluding steroid dienone is 1. The number of methoxy groups -OCH3 is 1. The molecule has 0 rings (SSSR count). The number of nitrogens with one attached hydrogen (secondary N) is 1. The highest BCUT2D eigenvalue weighted by Crippen LogP contribution is 1.99. The van der Waals surface area contributed by atoms with Crippen LogP contribution in [0.15, 0.2) is 11.6 Å². The number of rotatable bonds is 7. The molecule has 0 aromatic carbocycles. The third-order valence-corrected chi connectivity index (χ3v) is 1.88. The Hall–Kier alpha value is -1.36. The minimum absolute atomic E-state index is 0.367. The van der Waals surface area contributed by atoms with Crippen molar-refractivity contribution in [3.05, 3.63) is 11.6 Å². The molecule has 92 valence electrons. The quantitative estimate of drug-likeness (QED) is 0.503. The lowest BCUT2D eigenvalue weighted by Gasteiger charge is -2.12. The summed E-state index contributed by atoms with van der Waals surface area (Å²) in [7, 11) is 1.55. The van der Waals surface area contributed by atoms with E-state index in [2.05, 4.69) is 5.32 Å². The van der Waals surface area contributed by atoms with Crippen LogP contribution in [0.1, 0.15) is 26.7 Å². The number of carbonyl (C=O) groups is 2. The first kappa shape index (κ1) is 14.6. The summed E-state index contributed by atoms with van der Waals surface area (Å²) in [6.45, 7) is 4.04. The van der Waals surface area contributed by atoms with E-state index in [4.69, 9.17) is 9.84 Å². The number of aliphatic carboxylic acids is 1. The number of carbonyl (C=O) groups excluding carboxylic acids is 1. The van der Waals surface area contributed by atoms with E-state index in [9.17, 15) is 9.59 Å². The van der Waals surface area contributed by atoms with Gasteiger partial charge in [0.1, 0.15) is 6.04 Å². The summed E-state index contributed by atoms with van der Waals surface area (Å²) in [4.78, 5) is 22.2. The number of carboxylic acid groups (broad SMARTS) is 1. The Kier molecular flexibility index (Phi) is 7.20. The van der Waals surface area contributed by atoms with Gasteiger partial charge in [-0.3, -0.25) is 4.79 Å². The fourth-order valence-electron chi connectivity index (χ4n) is 1.16. The molecule has 16 heavy (non-hydrogen) atoms. The second kappa shape index (κ2) is 7.87. The summed E-state index contributed by atoms with van der Waals surface area (Å²) in [6.07, 6.45) is 2.35. The van der Waals surface area contributed by atoms with Gasteiger partial charge in [0.2, 0.25) is 5.91 Å². The van der Waals surface area contributed by atoms with Gasteiger partial charge in [-0.1, -0.05) is 5.57 Å². The van der Waals surface area contributed by atoms with Gasteiger partial charge in [-0.25, -0.2) is 4.79 Å². The third kappa shape index (κ3) is 7.00. The molecule has 0 aromatic rings. The van der Waals surface area contributed by atoms with Gasteiger partial charge in [-0.05, 0) is 26.7 Å². The number of hydrogen-bond donors (Lipinski definition) is 2. The molecule has 0 radical (unpaired) electrons. The maximum Gasteiger partial charge on any atom is 0.326 e. The van der Waals surface area contributed by atoms with Crippen LogP contribution in [-0.4, -0.2) is 36.7 Å². The maximum absolute atomic E-state index is 11.3. The molecule has 0 heterocycles. The molecule has 0 aromatic heterocycles. The molecule has 5 nitrogen and oxygen atoms in total. The monoisotopic (exact) mass is 229 g/mol. The first-order valence-corrected chi connectivity index (χ1v) is 5.14. The molecule has 0 saturated heterocycles. The molecule has 0 bridgehead atoms. The highest BCUT2D eigenvalue weighted by atomic mass is 16.5. The lowest BCUT2D eigenvalue weighted by Crippen LogP contribution is -2.40. The van der Waals surface area contributed by atoms with E-state index >= 15 is 0 Å². The second-order valence-electron chi connectivity index (χ2n) is 3.76. The lowest BCUT2D eigenvalue weighted by molar-refractivity contribution is -0.141. The summed E-state index contributed by atoms with van der Waals surface area (Å²) >= 11 is 0. The zero-order valence-corrected chi connectivity index (χ0v) is 9.95. The molecule has 0 spiro atoms. The number of amides is 1. The lowest BCUT2D eigenvalue weighted by atomic mass is 10.1. The van der Waals surface area contributed by atoms with Crippen molar-refractivity contribution >= 4 is 11.9 Å². The fraction of sp³-hybridized carbons (Fsp3) is 0.636. The van der Waals surface area contributed by atoms with Crippen molar-refractivity contribution in [2.75, 3.05) is 13.7 Å². The first-order chi connectivity index (χ1) is 7.47. The zero-order valence-electron chi connectivity index (χ0n) is 9.95. The molecule has 5 heteroatoms. The van der Waals surface area contributed by atoms with Crippen LogP contribution in [-0.2, 0) is 14.3 Å². The van der Waals surface area contributed by atoms with Crippen LogP contribution in [0.25, 0.3) is 0 Å². The largest absolute Gasteiger partial charge is 0.480 e. The van der Waals surface area contributed by atoms with E-state index in [1.807, 2.05) is 0 Å². The molecule has 0 saturated carbocycles. The van der Waals surface area contributed by atoms with Gasteiger partial charge < -0.3 is 15.2 Å². The average Bonchev–Trinajstić information content (AvgIpc) is 2.15. The van der Waals surface area contributed by atoms with Crippen molar-refractivity contribution in [3.63, 3.8) is 0 Å². The maximum atomic E-state index is 11.3. The van der Waals surface area contributed by atoms with Crippen molar-refractivity contribution in [2.24, 2.45) is 0 Å². The SMILES string of the molecule is COCCCC(NC(=O)C=C(C)C)C(=O)O. The summed E-state index contributed by atoms with van der Waals surface area (Å²) in [5, 5.41) is 11.3. The smallest absolute Gasteiger partial charge is 0.326 e. The summed E-state index contributed by atoms with van der Waals surface area (Å²) in [5.74, 6) is -1.39. The fourth-order valence-corrected chi connectivity index (χ4v) is 1.16. The highest BCUT2D eigenvalue weighted by molar-refractivity contribution is 5.91. The predicted molar refractivity (Wildman–Crippen MR) is 60.1 cm³/mol. The Balaban J connectivity index is 4.18. The molecule has 0 aliphatic rings. The minimum atomic E-state index is -1.02. The molecule has 0 aliphatic heterocycles. The number of ether oxygens (including phenoxy) is 1. The first-order valence-electron chi connectivity index (χ1n) is 5.14. The van der Waals surface area contributed by atoms with E-state index in [-0.39, 0.29) is 5.91 Å². The van der Waals surface area contributed by atoms with Gasteiger partial charge in [0, 0.05) is 19.8 Å². The average molecular weight is 229 g/mol. The number of carboxylic acids is 1.